The van der Waals surface area contributed by atoms with E-state index in [-0.39, 0.29) is 11.6 Å². The van der Waals surface area contributed by atoms with Crippen molar-refractivity contribution in [3.63, 3.8) is 0 Å². The number of halogens is 2. The molecule has 9 heteroatoms. The second-order valence-electron chi connectivity index (χ2n) is 5.38. The number of anilines is 2. The van der Waals surface area contributed by atoms with Crippen molar-refractivity contribution in [2.24, 2.45) is 0 Å². The van der Waals surface area contributed by atoms with E-state index in [2.05, 4.69) is 20.6 Å². The minimum atomic E-state index is -0.538. The van der Waals surface area contributed by atoms with E-state index in [1.807, 2.05) is 4.90 Å². The molecule has 0 aliphatic carbocycles. The maximum Gasteiger partial charge on any atom is 0.319 e. The predicted molar refractivity (Wildman–Crippen MR) is 92.3 cm³/mol. The van der Waals surface area contributed by atoms with Gasteiger partial charge in [0.2, 0.25) is 5.95 Å². The third kappa shape index (κ3) is 4.77. The number of rotatable bonds is 4. The van der Waals surface area contributed by atoms with E-state index >= 15 is 0 Å². The summed E-state index contributed by atoms with van der Waals surface area (Å²) in [5.41, 5.74) is 1.09. The summed E-state index contributed by atoms with van der Waals surface area (Å²) in [5, 5.41) is 5.23. The smallest absolute Gasteiger partial charge is 0.319 e. The molecule has 0 bridgehead atoms. The number of aromatic nitrogens is 2. The van der Waals surface area contributed by atoms with Crippen molar-refractivity contribution in [1.29, 1.82) is 0 Å². The molecular formula is C16H17ClFN5O2. The molecule has 0 atom stereocenters. The summed E-state index contributed by atoms with van der Waals surface area (Å²) >= 11 is 5.68. The second kappa shape index (κ2) is 8.09. The summed E-state index contributed by atoms with van der Waals surface area (Å²) in [4.78, 5) is 22.7. The van der Waals surface area contributed by atoms with Crippen LogP contribution in [0.5, 0.6) is 0 Å². The fraction of sp³-hybridized carbons (Fsp3) is 0.312. The molecule has 0 unspecified atom stereocenters. The zero-order chi connectivity index (χ0) is 17.6. The number of morpholine rings is 1. The topological polar surface area (TPSA) is 79.4 Å². The Kier molecular flexibility index (Phi) is 5.62. The molecule has 0 spiro atoms. The molecule has 2 heterocycles. The largest absolute Gasteiger partial charge is 0.378 e. The van der Waals surface area contributed by atoms with Crippen LogP contribution in [0.2, 0.25) is 5.02 Å². The van der Waals surface area contributed by atoms with Crippen molar-refractivity contribution in [2.75, 3.05) is 36.5 Å². The summed E-state index contributed by atoms with van der Waals surface area (Å²) in [6.45, 7) is 3.01. The van der Waals surface area contributed by atoms with Gasteiger partial charge in [0.1, 0.15) is 5.82 Å². The van der Waals surface area contributed by atoms with Crippen molar-refractivity contribution < 1.29 is 13.9 Å². The van der Waals surface area contributed by atoms with Gasteiger partial charge in [0.25, 0.3) is 0 Å². The van der Waals surface area contributed by atoms with Gasteiger partial charge in [-0.25, -0.2) is 19.2 Å². The molecule has 3 rings (SSSR count). The van der Waals surface area contributed by atoms with Crippen LogP contribution < -0.4 is 15.5 Å². The predicted octanol–water partition coefficient (Wildman–Crippen LogP) is 2.43. The number of nitrogens with zero attached hydrogens (tertiary/aromatic N) is 3. The number of nitrogens with one attached hydrogen (secondary N) is 2. The van der Waals surface area contributed by atoms with Crippen LogP contribution >= 0.6 is 11.6 Å². The Morgan fingerprint density at radius 3 is 2.88 bits per heavy atom. The maximum absolute atomic E-state index is 13.1. The van der Waals surface area contributed by atoms with Crippen LogP contribution in [0.3, 0.4) is 0 Å². The van der Waals surface area contributed by atoms with Gasteiger partial charge >= 0.3 is 6.03 Å². The maximum atomic E-state index is 13.1. The highest BCUT2D eigenvalue weighted by Gasteiger charge is 2.14. The van der Waals surface area contributed by atoms with Gasteiger partial charge in [0.05, 0.1) is 30.5 Å². The summed E-state index contributed by atoms with van der Waals surface area (Å²) in [7, 11) is 0. The molecule has 0 saturated carbocycles. The number of hydrogen-bond acceptors (Lipinski definition) is 5. The van der Waals surface area contributed by atoms with Crippen molar-refractivity contribution in [3.8, 4) is 0 Å². The third-order valence-corrected chi connectivity index (χ3v) is 3.89. The number of carbonyl (C=O) groups is 1. The Labute approximate surface area is 149 Å². The monoisotopic (exact) mass is 365 g/mol. The molecule has 25 heavy (non-hydrogen) atoms. The molecule has 0 radical (unpaired) electrons. The SMILES string of the molecule is O=C(NCc1ccnc(N2CCOCC2)n1)Nc1ccc(F)c(Cl)c1. The first-order chi connectivity index (χ1) is 12.1. The van der Waals surface area contributed by atoms with Crippen molar-refractivity contribution in [3.05, 3.63) is 47.0 Å². The summed E-state index contributed by atoms with van der Waals surface area (Å²) in [5.74, 6) is 0.0811. The van der Waals surface area contributed by atoms with E-state index in [4.69, 9.17) is 16.3 Å². The van der Waals surface area contributed by atoms with E-state index in [9.17, 15) is 9.18 Å². The van der Waals surface area contributed by atoms with Crippen LogP contribution in [0.15, 0.2) is 30.5 Å². The number of benzene rings is 1. The standard InChI is InChI=1S/C16H17ClFN5O2/c17-13-9-11(1-2-14(13)18)22-16(24)20-10-12-3-4-19-15(21-12)23-5-7-25-8-6-23/h1-4,9H,5-8,10H2,(H2,20,22,24). The van der Waals surface area contributed by atoms with Crippen LogP contribution in [0.25, 0.3) is 0 Å². The van der Waals surface area contributed by atoms with Crippen LogP contribution in [0, 0.1) is 5.82 Å². The second-order valence-corrected chi connectivity index (χ2v) is 5.79. The average molecular weight is 366 g/mol. The molecule has 2 aromatic rings. The molecule has 1 fully saturated rings. The van der Waals surface area contributed by atoms with Gasteiger partial charge < -0.3 is 20.3 Å². The average Bonchev–Trinajstić information content (AvgIpc) is 2.64. The van der Waals surface area contributed by atoms with Crippen molar-refractivity contribution >= 4 is 29.3 Å². The van der Waals surface area contributed by atoms with Crippen molar-refractivity contribution in [1.82, 2.24) is 15.3 Å². The first-order valence-electron chi connectivity index (χ1n) is 7.76. The Morgan fingerprint density at radius 2 is 2.12 bits per heavy atom. The fourth-order valence-corrected chi connectivity index (χ4v) is 2.50. The summed E-state index contributed by atoms with van der Waals surface area (Å²) < 4.78 is 18.4. The minimum absolute atomic E-state index is 0.0521. The molecule has 132 valence electrons. The van der Waals surface area contributed by atoms with E-state index in [1.165, 1.54) is 18.2 Å². The first-order valence-corrected chi connectivity index (χ1v) is 8.14. The number of urea groups is 1. The Bertz CT molecular complexity index is 755. The van der Waals surface area contributed by atoms with Gasteiger partial charge in [0, 0.05) is 25.0 Å². The quantitative estimate of drug-likeness (QED) is 0.870. The third-order valence-electron chi connectivity index (χ3n) is 3.60. The van der Waals surface area contributed by atoms with E-state index in [1.54, 1.807) is 12.3 Å². The van der Waals surface area contributed by atoms with Crippen LogP contribution in [-0.2, 0) is 11.3 Å². The highest BCUT2D eigenvalue weighted by Crippen LogP contribution is 2.19. The molecule has 2 amide bonds. The van der Waals surface area contributed by atoms with Gasteiger partial charge in [0.15, 0.2) is 0 Å². The lowest BCUT2D eigenvalue weighted by Gasteiger charge is -2.26. The van der Waals surface area contributed by atoms with E-state index in [0.717, 1.165) is 13.1 Å². The van der Waals surface area contributed by atoms with Crippen LogP contribution in [-0.4, -0.2) is 42.3 Å². The fourth-order valence-electron chi connectivity index (χ4n) is 2.32. The molecular weight excluding hydrogens is 349 g/mol. The van der Waals surface area contributed by atoms with Gasteiger partial charge in [-0.15, -0.1) is 0 Å². The van der Waals surface area contributed by atoms with Crippen LogP contribution in [0.1, 0.15) is 5.69 Å². The lowest BCUT2D eigenvalue weighted by atomic mass is 10.3. The number of hydrogen-bond donors (Lipinski definition) is 2. The highest BCUT2D eigenvalue weighted by molar-refractivity contribution is 6.31. The molecule has 1 aromatic carbocycles. The number of ether oxygens (including phenoxy) is 1. The Morgan fingerprint density at radius 1 is 1.32 bits per heavy atom. The lowest BCUT2D eigenvalue weighted by Crippen LogP contribution is -2.37. The molecule has 2 N–H and O–H groups in total. The van der Waals surface area contributed by atoms with Crippen molar-refractivity contribution in [2.45, 2.75) is 6.54 Å². The summed E-state index contributed by atoms with van der Waals surface area (Å²) in [6, 6.07) is 5.27. The van der Waals surface area contributed by atoms with Gasteiger partial charge in [-0.1, -0.05) is 11.6 Å². The first kappa shape index (κ1) is 17.4. The number of amides is 2. The van der Waals surface area contributed by atoms with E-state index < -0.39 is 11.8 Å². The van der Waals surface area contributed by atoms with Gasteiger partial charge in [-0.2, -0.15) is 0 Å². The Hall–Kier alpha value is -2.45. The highest BCUT2D eigenvalue weighted by atomic mass is 35.5. The van der Waals surface area contributed by atoms with Gasteiger partial charge in [-0.3, -0.25) is 0 Å². The number of carbonyl (C=O) groups excluding carboxylic acids is 1. The lowest BCUT2D eigenvalue weighted by molar-refractivity contribution is 0.122. The Balaban J connectivity index is 1.55. The molecule has 1 saturated heterocycles. The van der Waals surface area contributed by atoms with E-state index in [0.29, 0.717) is 30.5 Å². The summed E-state index contributed by atoms with van der Waals surface area (Å²) in [6.07, 6.45) is 1.66. The normalized spacial score (nSPS) is 14.2. The molecule has 7 nitrogen and oxygen atoms in total. The van der Waals surface area contributed by atoms with Gasteiger partial charge in [-0.05, 0) is 24.3 Å². The molecule has 1 aromatic heterocycles. The minimum Gasteiger partial charge on any atom is -0.378 e. The zero-order valence-electron chi connectivity index (χ0n) is 13.3. The molecule has 1 aliphatic rings. The van der Waals surface area contributed by atoms with Crippen LogP contribution in [0.4, 0.5) is 20.8 Å². The zero-order valence-corrected chi connectivity index (χ0v) is 14.1. The molecule has 1 aliphatic heterocycles.